The molecular formula is C28H26N2S4. The molecule has 4 aromatic rings. The zero-order valence-corrected chi connectivity index (χ0v) is 22.3. The monoisotopic (exact) mass is 518 g/mol. The molecule has 0 fully saturated rings. The van der Waals surface area contributed by atoms with Gasteiger partial charge in [0, 0.05) is 35.3 Å². The standard InChI is InChI=1S/C28H26N2S4/c1-29(23-15-7-3-8-16-23)27(31)32-33-28(30(2)24-17-9-4-10-18-24)34(25-19-11-5-12-20-25)26-21-13-6-14-22-26/h3-22H,1-2H3. The van der Waals surface area contributed by atoms with Crippen molar-refractivity contribution >= 4 is 64.3 Å². The molecule has 6 heteroatoms. The van der Waals surface area contributed by atoms with Crippen LogP contribution in [0.1, 0.15) is 0 Å². The van der Waals surface area contributed by atoms with E-state index in [9.17, 15) is 0 Å². The molecule has 0 radical (unpaired) electrons. The molecule has 0 bridgehead atoms. The summed E-state index contributed by atoms with van der Waals surface area (Å²) >= 11 is 5.84. The summed E-state index contributed by atoms with van der Waals surface area (Å²) in [6.07, 6.45) is 0. The molecule has 0 atom stereocenters. The smallest absolute Gasteiger partial charge is 0.151 e. The van der Waals surface area contributed by atoms with Crippen molar-refractivity contribution in [3.63, 3.8) is 0 Å². The maximum absolute atomic E-state index is 5.84. The van der Waals surface area contributed by atoms with E-state index in [-0.39, 0.29) is 10.5 Å². The highest BCUT2D eigenvalue weighted by molar-refractivity contribution is 8.90. The molecule has 2 nitrogen and oxygen atoms in total. The molecule has 0 aliphatic rings. The summed E-state index contributed by atoms with van der Waals surface area (Å²) in [6, 6.07) is 42.2. The first kappa shape index (κ1) is 24.6. The van der Waals surface area contributed by atoms with E-state index in [0.717, 1.165) is 15.7 Å². The third kappa shape index (κ3) is 6.13. The third-order valence-corrected chi connectivity index (χ3v) is 11.3. The quantitative estimate of drug-likeness (QED) is 0.197. The topological polar surface area (TPSA) is 6.48 Å². The molecule has 34 heavy (non-hydrogen) atoms. The Hall–Kier alpha value is -2.51. The van der Waals surface area contributed by atoms with Crippen molar-refractivity contribution in [2.24, 2.45) is 0 Å². The lowest BCUT2D eigenvalue weighted by Crippen LogP contribution is -2.25. The number of hydrogen-bond acceptors (Lipinski definition) is 3. The van der Waals surface area contributed by atoms with Gasteiger partial charge in [-0.3, -0.25) is 0 Å². The second kappa shape index (κ2) is 12.3. The fraction of sp³-hybridized carbons (Fsp3) is 0.0714. The van der Waals surface area contributed by atoms with E-state index in [4.69, 9.17) is 12.2 Å². The SMILES string of the molecule is CN(C(=S)SSC(N(C)c1ccccc1)=S(c1ccccc1)c1ccccc1)c1ccccc1. The van der Waals surface area contributed by atoms with E-state index in [1.807, 2.05) is 25.2 Å². The summed E-state index contributed by atoms with van der Waals surface area (Å²) < 4.78 is 2.05. The van der Waals surface area contributed by atoms with Crippen molar-refractivity contribution in [2.75, 3.05) is 23.9 Å². The van der Waals surface area contributed by atoms with E-state index in [1.165, 1.54) is 14.1 Å². The molecule has 4 aromatic carbocycles. The Bertz CT molecular complexity index is 1190. The normalized spacial score (nSPS) is 10.7. The van der Waals surface area contributed by atoms with Crippen molar-refractivity contribution in [3.05, 3.63) is 121 Å². The minimum atomic E-state index is -0.287. The number of nitrogens with zero attached hydrogens (tertiary/aromatic N) is 2. The Morgan fingerprint density at radius 2 is 0.941 bits per heavy atom. The van der Waals surface area contributed by atoms with E-state index in [1.54, 1.807) is 21.6 Å². The third-order valence-electron chi connectivity index (χ3n) is 5.15. The van der Waals surface area contributed by atoms with E-state index >= 15 is 0 Å². The van der Waals surface area contributed by atoms with Crippen LogP contribution in [0.25, 0.3) is 0 Å². The van der Waals surface area contributed by atoms with Gasteiger partial charge in [0.25, 0.3) is 0 Å². The summed E-state index contributed by atoms with van der Waals surface area (Å²) in [4.78, 5) is 6.92. The van der Waals surface area contributed by atoms with Crippen molar-refractivity contribution in [1.82, 2.24) is 0 Å². The highest BCUT2D eigenvalue weighted by atomic mass is 33.1. The minimum Gasteiger partial charge on any atom is -0.333 e. The summed E-state index contributed by atoms with van der Waals surface area (Å²) in [5, 5.41) is 0. The van der Waals surface area contributed by atoms with Gasteiger partial charge < -0.3 is 9.80 Å². The van der Waals surface area contributed by atoms with E-state index in [0.29, 0.717) is 0 Å². The van der Waals surface area contributed by atoms with Gasteiger partial charge in [0.15, 0.2) is 4.32 Å². The first-order valence-electron chi connectivity index (χ1n) is 10.8. The maximum Gasteiger partial charge on any atom is 0.151 e. The molecule has 0 heterocycles. The van der Waals surface area contributed by atoms with Gasteiger partial charge >= 0.3 is 0 Å². The molecule has 0 aromatic heterocycles. The Balaban J connectivity index is 1.76. The fourth-order valence-corrected chi connectivity index (χ4v) is 9.09. The van der Waals surface area contributed by atoms with Gasteiger partial charge in [-0.15, -0.1) is 0 Å². The van der Waals surface area contributed by atoms with Crippen molar-refractivity contribution in [1.29, 1.82) is 0 Å². The number of benzene rings is 4. The molecule has 0 aliphatic heterocycles. The van der Waals surface area contributed by atoms with Crippen LogP contribution in [0.2, 0.25) is 0 Å². The van der Waals surface area contributed by atoms with Gasteiger partial charge in [-0.1, -0.05) is 95.5 Å². The van der Waals surface area contributed by atoms with Crippen LogP contribution in [-0.2, 0) is 0 Å². The summed E-state index contributed by atoms with van der Waals surface area (Å²) in [7, 11) is 7.26. The molecular weight excluding hydrogens is 493 g/mol. The van der Waals surface area contributed by atoms with Crippen LogP contribution in [0.4, 0.5) is 11.4 Å². The molecule has 0 amide bonds. The highest BCUT2D eigenvalue weighted by Crippen LogP contribution is 2.44. The van der Waals surface area contributed by atoms with Gasteiger partial charge in [-0.2, -0.15) is 0 Å². The molecule has 0 saturated heterocycles. The number of anilines is 2. The predicted molar refractivity (Wildman–Crippen MR) is 159 cm³/mol. The molecule has 0 unspecified atom stereocenters. The summed E-state index contributed by atoms with van der Waals surface area (Å²) in [5.41, 5.74) is 2.24. The average molecular weight is 519 g/mol. The lowest BCUT2D eigenvalue weighted by molar-refractivity contribution is 1.31. The van der Waals surface area contributed by atoms with Crippen LogP contribution in [0, 0.1) is 0 Å². The summed E-state index contributed by atoms with van der Waals surface area (Å²) in [5.74, 6) is 0. The number of hydrogen-bond donors (Lipinski definition) is 0. The molecule has 172 valence electrons. The van der Waals surface area contributed by atoms with Crippen molar-refractivity contribution in [2.45, 2.75) is 9.79 Å². The fourth-order valence-electron chi connectivity index (χ4n) is 3.32. The first-order valence-corrected chi connectivity index (χ1v) is 14.6. The zero-order valence-electron chi connectivity index (χ0n) is 19.1. The van der Waals surface area contributed by atoms with E-state index < -0.39 is 0 Å². The van der Waals surface area contributed by atoms with Crippen LogP contribution in [0.5, 0.6) is 0 Å². The van der Waals surface area contributed by atoms with Gasteiger partial charge in [0.1, 0.15) is 4.32 Å². The van der Waals surface area contributed by atoms with Crippen LogP contribution < -0.4 is 9.80 Å². The summed E-state index contributed by atoms with van der Waals surface area (Å²) in [6.45, 7) is 0. The molecule has 0 spiro atoms. The molecule has 0 saturated carbocycles. The molecule has 0 aliphatic carbocycles. The second-order valence-corrected chi connectivity index (χ2v) is 12.4. The van der Waals surface area contributed by atoms with Crippen LogP contribution in [-0.4, -0.2) is 22.7 Å². The Labute approximate surface area is 218 Å². The molecule has 0 N–H and O–H groups in total. The number of para-hydroxylation sites is 2. The van der Waals surface area contributed by atoms with Crippen LogP contribution in [0.3, 0.4) is 0 Å². The Morgan fingerprint density at radius 1 is 0.559 bits per heavy atom. The largest absolute Gasteiger partial charge is 0.333 e. The number of rotatable bonds is 4. The average Bonchev–Trinajstić information content (AvgIpc) is 2.92. The van der Waals surface area contributed by atoms with Gasteiger partial charge in [0.05, 0.1) is 0 Å². The van der Waals surface area contributed by atoms with Gasteiger partial charge in [-0.05, 0) is 70.1 Å². The lowest BCUT2D eigenvalue weighted by Gasteiger charge is -2.27. The van der Waals surface area contributed by atoms with Gasteiger partial charge in [0.2, 0.25) is 0 Å². The lowest BCUT2D eigenvalue weighted by atomic mass is 10.3. The Morgan fingerprint density at radius 3 is 1.38 bits per heavy atom. The molecule has 4 rings (SSSR count). The zero-order chi connectivity index (χ0) is 23.8. The first-order chi connectivity index (χ1) is 16.6. The van der Waals surface area contributed by atoms with Crippen LogP contribution >= 0.6 is 44.3 Å². The number of thiocarbonyl (C=S) groups is 1. The second-order valence-electron chi connectivity index (χ2n) is 7.42. The predicted octanol–water partition coefficient (Wildman–Crippen LogP) is 8.40. The minimum absolute atomic E-state index is 0.287. The van der Waals surface area contributed by atoms with Gasteiger partial charge in [-0.25, -0.2) is 0 Å². The maximum atomic E-state index is 5.84. The van der Waals surface area contributed by atoms with Crippen molar-refractivity contribution in [3.8, 4) is 0 Å². The van der Waals surface area contributed by atoms with Crippen LogP contribution in [0.15, 0.2) is 131 Å². The highest BCUT2D eigenvalue weighted by Gasteiger charge is 2.19. The van der Waals surface area contributed by atoms with Crippen molar-refractivity contribution < 1.29 is 0 Å². The van der Waals surface area contributed by atoms with E-state index in [2.05, 4.69) is 120 Å². The Kier molecular flexibility index (Phi) is 8.88.